The quantitative estimate of drug-likeness (QED) is 0.693. The third-order valence-electron chi connectivity index (χ3n) is 3.35. The summed E-state index contributed by atoms with van der Waals surface area (Å²) in [6, 6.07) is 0.803. The molecular weight excluding hydrogens is 160 g/mol. The van der Waals surface area contributed by atoms with Gasteiger partial charge in [-0.2, -0.15) is 0 Å². The van der Waals surface area contributed by atoms with Crippen molar-refractivity contribution in [1.82, 2.24) is 10.2 Å². The van der Waals surface area contributed by atoms with Crippen molar-refractivity contribution in [1.29, 1.82) is 0 Å². The lowest BCUT2D eigenvalue weighted by molar-refractivity contribution is 0.116. The van der Waals surface area contributed by atoms with Crippen LogP contribution in [0.4, 0.5) is 0 Å². The minimum Gasteiger partial charge on any atom is -0.313 e. The average molecular weight is 182 g/mol. The molecule has 2 aliphatic heterocycles. The van der Waals surface area contributed by atoms with Gasteiger partial charge in [-0.3, -0.25) is 0 Å². The number of nitrogens with one attached hydrogen (secondary N) is 1. The van der Waals surface area contributed by atoms with Crippen LogP contribution in [0.5, 0.6) is 0 Å². The Morgan fingerprint density at radius 1 is 1.23 bits per heavy atom. The molecule has 2 fully saturated rings. The lowest BCUT2D eigenvalue weighted by Crippen LogP contribution is -2.52. The molecule has 3 unspecified atom stereocenters. The summed E-state index contributed by atoms with van der Waals surface area (Å²) in [6.45, 7) is 9.94. The Bertz CT molecular complexity index is 155. The van der Waals surface area contributed by atoms with Gasteiger partial charge in [0.2, 0.25) is 0 Å². The second-order valence-corrected chi connectivity index (χ2v) is 5.10. The van der Waals surface area contributed by atoms with Crippen molar-refractivity contribution in [2.24, 2.45) is 11.8 Å². The fourth-order valence-corrected chi connectivity index (χ4v) is 2.76. The molecule has 0 aromatic rings. The van der Waals surface area contributed by atoms with Crippen LogP contribution in [-0.2, 0) is 0 Å². The number of rotatable bonds is 2. The van der Waals surface area contributed by atoms with E-state index in [1.807, 2.05) is 0 Å². The highest BCUT2D eigenvalue weighted by atomic mass is 15.2. The van der Waals surface area contributed by atoms with Gasteiger partial charge in [-0.05, 0) is 31.2 Å². The van der Waals surface area contributed by atoms with Crippen molar-refractivity contribution in [3.05, 3.63) is 0 Å². The topological polar surface area (TPSA) is 15.3 Å². The molecule has 0 bridgehead atoms. The molecule has 2 rings (SSSR count). The molecular formula is C11H22N2. The molecule has 0 radical (unpaired) electrons. The molecule has 0 spiro atoms. The SMILES string of the molecule is CC1CC(C)CN(CC2CCN2)C1. The van der Waals surface area contributed by atoms with Crippen molar-refractivity contribution in [3.8, 4) is 0 Å². The number of piperidine rings is 1. The number of hydrogen-bond donors (Lipinski definition) is 1. The highest BCUT2D eigenvalue weighted by Crippen LogP contribution is 2.21. The van der Waals surface area contributed by atoms with Crippen molar-refractivity contribution < 1.29 is 0 Å². The van der Waals surface area contributed by atoms with Gasteiger partial charge in [0, 0.05) is 25.7 Å². The highest BCUT2D eigenvalue weighted by molar-refractivity contribution is 4.84. The Morgan fingerprint density at radius 2 is 1.85 bits per heavy atom. The Balaban J connectivity index is 1.77. The minimum atomic E-state index is 0.803. The fraction of sp³-hybridized carbons (Fsp3) is 1.00. The summed E-state index contributed by atoms with van der Waals surface area (Å²) in [6.07, 6.45) is 2.81. The van der Waals surface area contributed by atoms with Crippen LogP contribution in [0.15, 0.2) is 0 Å². The Hall–Kier alpha value is -0.0800. The molecule has 76 valence electrons. The molecule has 3 atom stereocenters. The predicted octanol–water partition coefficient (Wildman–Crippen LogP) is 1.33. The maximum Gasteiger partial charge on any atom is 0.0207 e. The van der Waals surface area contributed by atoms with Gasteiger partial charge in [0.25, 0.3) is 0 Å². The number of likely N-dealkylation sites (tertiary alicyclic amines) is 1. The van der Waals surface area contributed by atoms with Crippen molar-refractivity contribution in [3.63, 3.8) is 0 Å². The van der Waals surface area contributed by atoms with Crippen molar-refractivity contribution >= 4 is 0 Å². The summed E-state index contributed by atoms with van der Waals surface area (Å²) in [4.78, 5) is 2.65. The molecule has 0 aromatic carbocycles. The zero-order valence-corrected chi connectivity index (χ0v) is 8.92. The highest BCUT2D eigenvalue weighted by Gasteiger charge is 2.25. The monoisotopic (exact) mass is 182 g/mol. The lowest BCUT2D eigenvalue weighted by atomic mass is 9.91. The van der Waals surface area contributed by atoms with Crippen LogP contribution in [-0.4, -0.2) is 37.1 Å². The van der Waals surface area contributed by atoms with Gasteiger partial charge in [-0.1, -0.05) is 13.8 Å². The number of hydrogen-bond acceptors (Lipinski definition) is 2. The predicted molar refractivity (Wildman–Crippen MR) is 55.8 cm³/mol. The Labute approximate surface area is 81.7 Å². The third kappa shape index (κ3) is 2.44. The van der Waals surface area contributed by atoms with Crippen molar-refractivity contribution in [2.75, 3.05) is 26.2 Å². The fourth-order valence-electron chi connectivity index (χ4n) is 2.76. The molecule has 13 heavy (non-hydrogen) atoms. The van der Waals surface area contributed by atoms with E-state index >= 15 is 0 Å². The van der Waals surface area contributed by atoms with E-state index < -0.39 is 0 Å². The van der Waals surface area contributed by atoms with Crippen molar-refractivity contribution in [2.45, 2.75) is 32.7 Å². The molecule has 0 amide bonds. The minimum absolute atomic E-state index is 0.803. The molecule has 2 heterocycles. The van der Waals surface area contributed by atoms with Gasteiger partial charge in [0.15, 0.2) is 0 Å². The maximum atomic E-state index is 3.48. The van der Waals surface area contributed by atoms with Gasteiger partial charge in [-0.25, -0.2) is 0 Å². The van der Waals surface area contributed by atoms with Crippen LogP contribution in [0.1, 0.15) is 26.7 Å². The largest absolute Gasteiger partial charge is 0.313 e. The van der Waals surface area contributed by atoms with E-state index in [0.29, 0.717) is 0 Å². The van der Waals surface area contributed by atoms with Crippen LogP contribution in [0, 0.1) is 11.8 Å². The average Bonchev–Trinajstić information content (AvgIpc) is 1.95. The zero-order valence-electron chi connectivity index (χ0n) is 8.92. The zero-order chi connectivity index (χ0) is 9.26. The van der Waals surface area contributed by atoms with Gasteiger partial charge < -0.3 is 10.2 Å². The first-order valence-corrected chi connectivity index (χ1v) is 5.70. The van der Waals surface area contributed by atoms with Crippen LogP contribution < -0.4 is 5.32 Å². The molecule has 2 nitrogen and oxygen atoms in total. The lowest BCUT2D eigenvalue weighted by Gasteiger charge is -2.39. The van der Waals surface area contributed by atoms with E-state index in [9.17, 15) is 0 Å². The van der Waals surface area contributed by atoms with E-state index in [1.54, 1.807) is 0 Å². The van der Waals surface area contributed by atoms with Gasteiger partial charge in [-0.15, -0.1) is 0 Å². The van der Waals surface area contributed by atoms with Gasteiger partial charge in [0.05, 0.1) is 0 Å². The summed E-state index contributed by atoms with van der Waals surface area (Å²) in [5.74, 6) is 1.81. The summed E-state index contributed by atoms with van der Waals surface area (Å²) in [5, 5.41) is 3.48. The summed E-state index contributed by atoms with van der Waals surface area (Å²) >= 11 is 0. The second-order valence-electron chi connectivity index (χ2n) is 5.10. The first-order valence-electron chi connectivity index (χ1n) is 5.70. The molecule has 2 heteroatoms. The van der Waals surface area contributed by atoms with Crippen LogP contribution in [0.2, 0.25) is 0 Å². The van der Waals surface area contributed by atoms with E-state index in [-0.39, 0.29) is 0 Å². The van der Waals surface area contributed by atoms with Crippen LogP contribution in [0.25, 0.3) is 0 Å². The normalized spacial score (nSPS) is 41.5. The van der Waals surface area contributed by atoms with E-state index in [4.69, 9.17) is 0 Å². The van der Waals surface area contributed by atoms with E-state index in [2.05, 4.69) is 24.1 Å². The second kappa shape index (κ2) is 3.97. The molecule has 2 saturated heterocycles. The number of nitrogens with zero attached hydrogens (tertiary/aromatic N) is 1. The van der Waals surface area contributed by atoms with E-state index in [0.717, 1.165) is 17.9 Å². The smallest absolute Gasteiger partial charge is 0.0207 e. The Morgan fingerprint density at radius 3 is 2.31 bits per heavy atom. The third-order valence-corrected chi connectivity index (χ3v) is 3.35. The van der Waals surface area contributed by atoms with Gasteiger partial charge in [0.1, 0.15) is 0 Å². The Kier molecular flexibility index (Phi) is 2.89. The maximum absolute atomic E-state index is 3.48. The molecule has 2 aliphatic rings. The molecule has 0 saturated carbocycles. The standard InChI is InChI=1S/C11H22N2/c1-9-5-10(2)7-13(6-9)8-11-3-4-12-11/h9-12H,3-8H2,1-2H3. The first kappa shape index (κ1) is 9.47. The molecule has 1 N–H and O–H groups in total. The van der Waals surface area contributed by atoms with Gasteiger partial charge >= 0.3 is 0 Å². The van der Waals surface area contributed by atoms with E-state index in [1.165, 1.54) is 39.0 Å². The van der Waals surface area contributed by atoms with Crippen LogP contribution in [0.3, 0.4) is 0 Å². The summed E-state index contributed by atoms with van der Waals surface area (Å²) in [5.41, 5.74) is 0. The summed E-state index contributed by atoms with van der Waals surface area (Å²) in [7, 11) is 0. The van der Waals surface area contributed by atoms with Crippen LogP contribution >= 0.6 is 0 Å². The molecule has 0 aromatic heterocycles. The summed E-state index contributed by atoms with van der Waals surface area (Å²) < 4.78 is 0. The molecule has 0 aliphatic carbocycles. The first-order chi connectivity index (χ1) is 6.24.